The van der Waals surface area contributed by atoms with E-state index in [1.54, 1.807) is 17.4 Å². The first-order valence-electron chi connectivity index (χ1n) is 6.61. The van der Waals surface area contributed by atoms with Gasteiger partial charge >= 0.3 is 18.1 Å². The van der Waals surface area contributed by atoms with Crippen LogP contribution in [0.5, 0.6) is 0 Å². The number of alkyl halides is 3. The zero-order valence-electron chi connectivity index (χ0n) is 12.5. The smallest absolute Gasteiger partial charge is 0.471 e. The van der Waals surface area contributed by atoms with Crippen LogP contribution >= 0.6 is 0 Å². The Morgan fingerprint density at radius 3 is 2.00 bits per heavy atom. The van der Waals surface area contributed by atoms with E-state index in [-0.39, 0.29) is 5.41 Å². The van der Waals surface area contributed by atoms with Crippen LogP contribution in [0.2, 0.25) is 0 Å². The molecule has 1 amide bonds. The second-order valence-corrected chi connectivity index (χ2v) is 5.99. The lowest BCUT2D eigenvalue weighted by atomic mass is 9.86. The second-order valence-electron chi connectivity index (χ2n) is 5.99. The lowest BCUT2D eigenvalue weighted by molar-refractivity contribution is -0.174. The van der Waals surface area contributed by atoms with Crippen molar-refractivity contribution in [2.75, 3.05) is 0 Å². The molecular formula is C15H18F3NO3. The molecule has 0 aliphatic heterocycles. The highest BCUT2D eigenvalue weighted by molar-refractivity contribution is 5.82. The Hall–Kier alpha value is -2.05. The van der Waals surface area contributed by atoms with Gasteiger partial charge in [0.2, 0.25) is 0 Å². The standard InChI is InChI=1S/C15H18F3NO3/c1-14(2,3)10-6-4-9(5-7-10)11(8-12(20)21)19-13(22)15(16,17)18/h4-7,11H,8H2,1-3H3,(H,19,22)(H,20,21)/t11-/m1/s1. The highest BCUT2D eigenvalue weighted by atomic mass is 19.4. The predicted octanol–water partition coefficient (Wildman–Crippen LogP) is 3.18. The molecule has 0 aliphatic rings. The minimum Gasteiger partial charge on any atom is -0.481 e. The number of benzene rings is 1. The van der Waals surface area contributed by atoms with Crippen LogP contribution in [-0.2, 0) is 15.0 Å². The molecule has 122 valence electrons. The molecule has 1 aromatic rings. The summed E-state index contributed by atoms with van der Waals surface area (Å²) in [6.07, 6.45) is -5.68. The molecule has 1 rings (SSSR count). The number of halogens is 3. The number of hydrogen-bond donors (Lipinski definition) is 2. The number of carboxylic acid groups (broad SMARTS) is 1. The molecule has 4 nitrogen and oxygen atoms in total. The largest absolute Gasteiger partial charge is 0.481 e. The lowest BCUT2D eigenvalue weighted by Crippen LogP contribution is -2.39. The molecule has 2 N–H and O–H groups in total. The van der Waals surface area contributed by atoms with E-state index in [0.29, 0.717) is 5.56 Å². The third kappa shape index (κ3) is 5.05. The Kier molecular flexibility index (Phi) is 5.22. The van der Waals surface area contributed by atoms with Crippen LogP contribution in [0.25, 0.3) is 0 Å². The van der Waals surface area contributed by atoms with Crippen LogP contribution < -0.4 is 5.32 Å². The number of carbonyl (C=O) groups excluding carboxylic acids is 1. The average Bonchev–Trinajstić information content (AvgIpc) is 2.35. The summed E-state index contributed by atoms with van der Waals surface area (Å²) in [6.45, 7) is 5.92. The van der Waals surface area contributed by atoms with Crippen molar-refractivity contribution in [1.82, 2.24) is 5.32 Å². The van der Waals surface area contributed by atoms with Gasteiger partial charge < -0.3 is 10.4 Å². The van der Waals surface area contributed by atoms with Crippen molar-refractivity contribution in [3.05, 3.63) is 35.4 Å². The maximum atomic E-state index is 12.3. The SMILES string of the molecule is CC(C)(C)c1ccc([C@@H](CC(=O)O)NC(=O)C(F)(F)F)cc1. The van der Waals surface area contributed by atoms with E-state index in [4.69, 9.17) is 5.11 Å². The van der Waals surface area contributed by atoms with E-state index in [1.165, 1.54) is 12.1 Å². The summed E-state index contributed by atoms with van der Waals surface area (Å²) in [5.41, 5.74) is 1.12. The first kappa shape index (κ1) is 18.0. The van der Waals surface area contributed by atoms with Crippen molar-refractivity contribution in [3.63, 3.8) is 0 Å². The van der Waals surface area contributed by atoms with Crippen molar-refractivity contribution in [3.8, 4) is 0 Å². The van der Waals surface area contributed by atoms with Crippen LogP contribution in [0.15, 0.2) is 24.3 Å². The molecule has 0 spiro atoms. The summed E-state index contributed by atoms with van der Waals surface area (Å²) >= 11 is 0. The molecule has 0 saturated heterocycles. The molecule has 1 aromatic carbocycles. The van der Waals surface area contributed by atoms with Gasteiger partial charge in [-0.15, -0.1) is 0 Å². The third-order valence-electron chi connectivity index (χ3n) is 3.12. The van der Waals surface area contributed by atoms with Crippen molar-refractivity contribution < 1.29 is 27.9 Å². The van der Waals surface area contributed by atoms with E-state index in [2.05, 4.69) is 0 Å². The normalized spacial score (nSPS) is 13.5. The first-order chi connectivity index (χ1) is 9.91. The Balaban J connectivity index is 3.02. The Labute approximate surface area is 126 Å². The van der Waals surface area contributed by atoms with Gasteiger partial charge in [-0.05, 0) is 16.5 Å². The molecule has 1 atom stereocenters. The molecule has 0 saturated carbocycles. The fraction of sp³-hybridized carbons (Fsp3) is 0.467. The monoisotopic (exact) mass is 317 g/mol. The minimum atomic E-state index is -5.05. The number of carbonyl (C=O) groups is 2. The summed E-state index contributed by atoms with van der Waals surface area (Å²) in [4.78, 5) is 21.8. The number of amides is 1. The zero-order valence-corrected chi connectivity index (χ0v) is 12.5. The predicted molar refractivity (Wildman–Crippen MR) is 74.3 cm³/mol. The summed E-state index contributed by atoms with van der Waals surface area (Å²) in [7, 11) is 0. The zero-order chi connectivity index (χ0) is 17.1. The van der Waals surface area contributed by atoms with Gasteiger partial charge in [0.05, 0.1) is 12.5 Å². The van der Waals surface area contributed by atoms with Gasteiger partial charge in [0, 0.05) is 0 Å². The van der Waals surface area contributed by atoms with Gasteiger partial charge in [-0.25, -0.2) is 0 Å². The first-order valence-corrected chi connectivity index (χ1v) is 6.61. The summed E-state index contributed by atoms with van der Waals surface area (Å²) < 4.78 is 37.0. The quantitative estimate of drug-likeness (QED) is 0.896. The number of rotatable bonds is 4. The molecule has 7 heteroatoms. The number of nitrogens with one attached hydrogen (secondary N) is 1. The fourth-order valence-electron chi connectivity index (χ4n) is 1.88. The number of aliphatic carboxylic acids is 1. The number of hydrogen-bond acceptors (Lipinski definition) is 2. The molecular weight excluding hydrogens is 299 g/mol. The van der Waals surface area contributed by atoms with Gasteiger partial charge in [0.25, 0.3) is 0 Å². The van der Waals surface area contributed by atoms with Crippen molar-refractivity contribution >= 4 is 11.9 Å². The Bertz CT molecular complexity index is 545. The van der Waals surface area contributed by atoms with Crippen LogP contribution in [0.3, 0.4) is 0 Å². The highest BCUT2D eigenvalue weighted by Crippen LogP contribution is 2.26. The Morgan fingerprint density at radius 1 is 1.14 bits per heavy atom. The average molecular weight is 317 g/mol. The topological polar surface area (TPSA) is 66.4 Å². The third-order valence-corrected chi connectivity index (χ3v) is 3.12. The van der Waals surface area contributed by atoms with Gasteiger partial charge in [0.15, 0.2) is 0 Å². The van der Waals surface area contributed by atoms with E-state index >= 15 is 0 Å². The summed E-state index contributed by atoms with van der Waals surface area (Å²) in [5, 5.41) is 10.5. The van der Waals surface area contributed by atoms with Crippen LogP contribution in [0, 0.1) is 0 Å². The Morgan fingerprint density at radius 2 is 1.64 bits per heavy atom. The van der Waals surface area contributed by atoms with Gasteiger partial charge in [-0.1, -0.05) is 45.0 Å². The molecule has 0 aliphatic carbocycles. The van der Waals surface area contributed by atoms with Gasteiger partial charge in [-0.2, -0.15) is 13.2 Å². The maximum absolute atomic E-state index is 12.3. The molecule has 0 heterocycles. The summed E-state index contributed by atoms with van der Waals surface area (Å²) in [5.74, 6) is -3.45. The molecule has 0 radical (unpaired) electrons. The second kappa shape index (κ2) is 6.37. The van der Waals surface area contributed by atoms with Crippen LogP contribution in [-0.4, -0.2) is 23.2 Å². The molecule has 0 unspecified atom stereocenters. The van der Waals surface area contributed by atoms with E-state index in [0.717, 1.165) is 5.56 Å². The van der Waals surface area contributed by atoms with E-state index in [9.17, 15) is 22.8 Å². The van der Waals surface area contributed by atoms with E-state index < -0.39 is 30.5 Å². The van der Waals surface area contributed by atoms with Crippen LogP contribution in [0.4, 0.5) is 13.2 Å². The fourth-order valence-corrected chi connectivity index (χ4v) is 1.88. The van der Waals surface area contributed by atoms with Crippen LogP contribution in [0.1, 0.15) is 44.4 Å². The maximum Gasteiger partial charge on any atom is 0.471 e. The molecule has 0 aromatic heterocycles. The van der Waals surface area contributed by atoms with Crippen molar-refractivity contribution in [2.45, 2.75) is 44.8 Å². The van der Waals surface area contributed by atoms with Gasteiger partial charge in [-0.3, -0.25) is 9.59 Å². The van der Waals surface area contributed by atoms with Gasteiger partial charge in [0.1, 0.15) is 0 Å². The molecule has 0 fully saturated rings. The highest BCUT2D eigenvalue weighted by Gasteiger charge is 2.40. The molecule has 0 bridgehead atoms. The van der Waals surface area contributed by atoms with Crippen molar-refractivity contribution in [2.24, 2.45) is 0 Å². The minimum absolute atomic E-state index is 0.143. The lowest BCUT2D eigenvalue weighted by Gasteiger charge is -2.22. The number of carboxylic acids is 1. The van der Waals surface area contributed by atoms with Crippen molar-refractivity contribution in [1.29, 1.82) is 0 Å². The van der Waals surface area contributed by atoms with E-state index in [1.807, 2.05) is 20.8 Å². The summed E-state index contributed by atoms with van der Waals surface area (Å²) in [6, 6.07) is 5.25. The molecule has 22 heavy (non-hydrogen) atoms.